The molecule has 8 heteroatoms. The first-order valence-corrected chi connectivity index (χ1v) is 6.23. The van der Waals surface area contributed by atoms with E-state index in [1.54, 1.807) is 6.07 Å². The zero-order valence-electron chi connectivity index (χ0n) is 9.02. The lowest BCUT2D eigenvalue weighted by molar-refractivity contribution is -0.153. The number of carboxylic acids is 1. The molecular formula is C10H10O7S. The van der Waals surface area contributed by atoms with Crippen LogP contribution in [0.3, 0.4) is 0 Å². The summed E-state index contributed by atoms with van der Waals surface area (Å²) in [5.41, 5.74) is -1.90. The number of aliphatic carboxylic acids is 1. The van der Waals surface area contributed by atoms with Crippen molar-refractivity contribution in [1.29, 1.82) is 0 Å². The summed E-state index contributed by atoms with van der Waals surface area (Å²) < 4.78 is 35.6. The van der Waals surface area contributed by atoms with Crippen LogP contribution in [-0.4, -0.2) is 30.0 Å². The Kier molecular flexibility index (Phi) is 4.40. The van der Waals surface area contributed by atoms with Gasteiger partial charge in [0.1, 0.15) is 6.42 Å². The van der Waals surface area contributed by atoms with Crippen molar-refractivity contribution < 1.29 is 32.4 Å². The molecule has 1 aromatic rings. The van der Waals surface area contributed by atoms with Crippen LogP contribution in [0.15, 0.2) is 30.3 Å². The van der Waals surface area contributed by atoms with Crippen LogP contribution in [-0.2, 0) is 24.4 Å². The molecule has 0 spiro atoms. The van der Waals surface area contributed by atoms with Crippen molar-refractivity contribution in [1.82, 2.24) is 0 Å². The van der Waals surface area contributed by atoms with Gasteiger partial charge in [-0.1, -0.05) is 30.3 Å². The number of hydrogen-bond acceptors (Lipinski definition) is 5. The van der Waals surface area contributed by atoms with E-state index in [1.165, 1.54) is 24.3 Å². The molecule has 0 aliphatic heterocycles. The fourth-order valence-electron chi connectivity index (χ4n) is 1.20. The summed E-state index contributed by atoms with van der Waals surface area (Å²) >= 11 is 0. The molecule has 0 bridgehead atoms. The lowest BCUT2D eigenvalue weighted by Crippen LogP contribution is -2.21. The maximum atomic E-state index is 11.1. The summed E-state index contributed by atoms with van der Waals surface area (Å²) in [5, 5.41) is 8.36. The predicted octanol–water partition coefficient (Wildman–Crippen LogP) is 0.591. The zero-order chi connectivity index (χ0) is 13.8. The fraction of sp³-hybridized carbons (Fsp3) is 0.200. The number of esters is 1. The first-order chi connectivity index (χ1) is 8.30. The molecule has 2 N–H and O–H groups in total. The molecule has 0 amide bonds. The van der Waals surface area contributed by atoms with Crippen molar-refractivity contribution in [2.45, 2.75) is 11.9 Å². The summed E-state index contributed by atoms with van der Waals surface area (Å²) in [6.07, 6.45) is -0.987. The first kappa shape index (κ1) is 14.1. The molecule has 0 aliphatic rings. The van der Waals surface area contributed by atoms with Crippen molar-refractivity contribution in [3.05, 3.63) is 35.9 Å². The molecule has 98 valence electrons. The Labute approximate surface area is 103 Å². The average molecular weight is 274 g/mol. The first-order valence-electron chi connectivity index (χ1n) is 4.73. The standard InChI is InChI=1S/C10H10O7S/c11-8(12)6-9(13)17-10(18(14,15)16)7-4-2-1-3-5-7/h1-5,10H,6H2,(H,11,12)(H,14,15,16). The highest BCUT2D eigenvalue weighted by Crippen LogP contribution is 2.23. The van der Waals surface area contributed by atoms with Gasteiger partial charge in [-0.15, -0.1) is 0 Å². The normalized spacial score (nSPS) is 12.7. The molecule has 0 fully saturated rings. The van der Waals surface area contributed by atoms with E-state index in [4.69, 9.17) is 9.66 Å². The van der Waals surface area contributed by atoms with E-state index in [-0.39, 0.29) is 5.56 Å². The molecule has 0 radical (unpaired) electrons. The third-order valence-corrected chi connectivity index (χ3v) is 2.79. The highest BCUT2D eigenvalue weighted by Gasteiger charge is 2.29. The number of benzene rings is 1. The van der Waals surface area contributed by atoms with Crippen LogP contribution in [0.5, 0.6) is 0 Å². The predicted molar refractivity (Wildman–Crippen MR) is 59.1 cm³/mol. The molecule has 18 heavy (non-hydrogen) atoms. The van der Waals surface area contributed by atoms with Crippen molar-refractivity contribution in [3.63, 3.8) is 0 Å². The monoisotopic (exact) mass is 274 g/mol. The number of ether oxygens (including phenoxy) is 1. The Hall–Kier alpha value is -1.93. The van der Waals surface area contributed by atoms with Gasteiger partial charge in [-0.2, -0.15) is 8.42 Å². The van der Waals surface area contributed by atoms with Gasteiger partial charge >= 0.3 is 22.1 Å². The molecule has 0 saturated carbocycles. The van der Waals surface area contributed by atoms with Gasteiger partial charge in [-0.3, -0.25) is 14.1 Å². The smallest absolute Gasteiger partial charge is 0.318 e. The Morgan fingerprint density at radius 1 is 1.22 bits per heavy atom. The number of carbonyl (C=O) groups is 2. The number of hydrogen-bond donors (Lipinski definition) is 2. The Morgan fingerprint density at radius 3 is 2.22 bits per heavy atom. The van der Waals surface area contributed by atoms with Crippen LogP contribution in [0.25, 0.3) is 0 Å². The maximum absolute atomic E-state index is 11.1. The van der Waals surface area contributed by atoms with E-state index in [9.17, 15) is 18.0 Å². The van der Waals surface area contributed by atoms with E-state index in [1.807, 2.05) is 0 Å². The largest absolute Gasteiger partial charge is 0.481 e. The summed E-state index contributed by atoms with van der Waals surface area (Å²) in [6, 6.07) is 7.22. The summed E-state index contributed by atoms with van der Waals surface area (Å²) in [7, 11) is -4.68. The zero-order valence-corrected chi connectivity index (χ0v) is 9.83. The molecule has 0 saturated heterocycles. The third kappa shape index (κ3) is 4.15. The molecule has 1 atom stereocenters. The van der Waals surface area contributed by atoms with E-state index in [0.717, 1.165) is 0 Å². The van der Waals surface area contributed by atoms with Gasteiger partial charge in [0.2, 0.25) is 0 Å². The Bertz CT molecular complexity index is 535. The van der Waals surface area contributed by atoms with Crippen molar-refractivity contribution in [2.75, 3.05) is 0 Å². The Morgan fingerprint density at radius 2 is 1.78 bits per heavy atom. The summed E-state index contributed by atoms with van der Waals surface area (Å²) in [4.78, 5) is 21.4. The van der Waals surface area contributed by atoms with E-state index in [2.05, 4.69) is 4.74 Å². The second-order valence-electron chi connectivity index (χ2n) is 3.32. The lowest BCUT2D eigenvalue weighted by atomic mass is 10.2. The van der Waals surface area contributed by atoms with Crippen LogP contribution in [0.2, 0.25) is 0 Å². The molecule has 7 nitrogen and oxygen atoms in total. The minimum absolute atomic E-state index is 0.0266. The van der Waals surface area contributed by atoms with Crippen molar-refractivity contribution in [3.8, 4) is 0 Å². The van der Waals surface area contributed by atoms with Gasteiger partial charge < -0.3 is 9.84 Å². The van der Waals surface area contributed by atoms with Gasteiger partial charge in [0.25, 0.3) is 5.44 Å². The van der Waals surface area contributed by atoms with Crippen LogP contribution in [0.4, 0.5) is 0 Å². The maximum Gasteiger partial charge on any atom is 0.318 e. The van der Waals surface area contributed by atoms with Crippen LogP contribution >= 0.6 is 0 Å². The highest BCUT2D eigenvalue weighted by molar-refractivity contribution is 7.85. The van der Waals surface area contributed by atoms with Gasteiger partial charge in [-0.25, -0.2) is 0 Å². The van der Waals surface area contributed by atoms with Gasteiger partial charge in [-0.05, 0) is 0 Å². The topological polar surface area (TPSA) is 118 Å². The average Bonchev–Trinajstić information content (AvgIpc) is 2.24. The molecule has 1 rings (SSSR count). The molecule has 1 unspecified atom stereocenters. The van der Waals surface area contributed by atoms with Gasteiger partial charge in [0, 0.05) is 5.56 Å². The molecule has 0 aliphatic carbocycles. The second kappa shape index (κ2) is 5.61. The van der Waals surface area contributed by atoms with Crippen molar-refractivity contribution >= 4 is 22.1 Å². The quantitative estimate of drug-likeness (QED) is 0.458. The minimum Gasteiger partial charge on any atom is -0.481 e. The van der Waals surface area contributed by atoms with Crippen molar-refractivity contribution in [2.24, 2.45) is 0 Å². The van der Waals surface area contributed by atoms with Crippen LogP contribution in [0, 0.1) is 0 Å². The minimum atomic E-state index is -4.68. The van der Waals surface area contributed by atoms with E-state index in [0.29, 0.717) is 0 Å². The number of carboxylic acid groups (broad SMARTS) is 1. The molecule has 0 aromatic heterocycles. The fourth-order valence-corrected chi connectivity index (χ4v) is 1.93. The SMILES string of the molecule is O=C(O)CC(=O)OC(c1ccccc1)S(=O)(=O)O. The van der Waals surface area contributed by atoms with Crippen LogP contribution in [0.1, 0.15) is 17.4 Å². The molecular weight excluding hydrogens is 264 g/mol. The van der Waals surface area contributed by atoms with Gasteiger partial charge in [0.15, 0.2) is 0 Å². The Balaban J connectivity index is 2.95. The van der Waals surface area contributed by atoms with E-state index >= 15 is 0 Å². The number of rotatable bonds is 5. The lowest BCUT2D eigenvalue weighted by Gasteiger charge is -2.14. The second-order valence-corrected chi connectivity index (χ2v) is 4.78. The number of carbonyl (C=O) groups excluding carboxylic acids is 1. The third-order valence-electron chi connectivity index (χ3n) is 1.88. The van der Waals surface area contributed by atoms with Crippen LogP contribution < -0.4 is 0 Å². The van der Waals surface area contributed by atoms with E-state index < -0.39 is 33.9 Å². The summed E-state index contributed by atoms with van der Waals surface area (Å²) in [5.74, 6) is -2.71. The molecule has 0 heterocycles. The summed E-state index contributed by atoms with van der Waals surface area (Å²) in [6.45, 7) is 0. The molecule has 1 aromatic carbocycles. The highest BCUT2D eigenvalue weighted by atomic mass is 32.2. The van der Waals surface area contributed by atoms with Gasteiger partial charge in [0.05, 0.1) is 0 Å².